The molecular weight excluding hydrogens is 428 g/mol. The average molecular weight is 467 g/mol. The molecule has 7 heteroatoms. The van der Waals surface area contributed by atoms with Crippen molar-refractivity contribution in [3.8, 4) is 11.5 Å². The van der Waals surface area contributed by atoms with Gasteiger partial charge in [-0.1, -0.05) is 59.2 Å². The van der Waals surface area contributed by atoms with Crippen molar-refractivity contribution in [3.63, 3.8) is 0 Å². The lowest BCUT2D eigenvalue weighted by Gasteiger charge is -2.24. The number of ether oxygens (including phenoxy) is 2. The molecule has 2 aromatic rings. The smallest absolute Gasteiger partial charge is 0.275 e. The first-order valence-electron chi connectivity index (χ1n) is 12.0. The Kier molecular flexibility index (Phi) is 8.10. The SMILES string of the molecule is CCCC(CC)Oc1ccc(C(C)(C)C)cc1NC(=O)C1=C(C)N(c2ccccc2OC)NN1. The summed E-state index contributed by atoms with van der Waals surface area (Å²) in [5.41, 5.74) is 9.77. The van der Waals surface area contributed by atoms with Crippen molar-refractivity contribution in [2.45, 2.75) is 72.3 Å². The van der Waals surface area contributed by atoms with Gasteiger partial charge in [0.2, 0.25) is 0 Å². The van der Waals surface area contributed by atoms with E-state index >= 15 is 0 Å². The van der Waals surface area contributed by atoms with E-state index in [1.807, 2.05) is 43.3 Å². The molecule has 7 nitrogen and oxygen atoms in total. The highest BCUT2D eigenvalue weighted by molar-refractivity contribution is 6.05. The molecule has 0 saturated heterocycles. The van der Waals surface area contributed by atoms with Crippen LogP contribution >= 0.6 is 0 Å². The number of allylic oxidation sites excluding steroid dienone is 1. The normalized spacial score (nSPS) is 14.6. The lowest BCUT2D eigenvalue weighted by molar-refractivity contribution is -0.113. The molecule has 184 valence electrons. The van der Waals surface area contributed by atoms with E-state index in [4.69, 9.17) is 9.47 Å². The third-order valence-electron chi connectivity index (χ3n) is 6.00. The summed E-state index contributed by atoms with van der Waals surface area (Å²) in [5.74, 6) is 1.14. The molecule has 1 heterocycles. The minimum atomic E-state index is -0.248. The van der Waals surface area contributed by atoms with Crippen LogP contribution in [0, 0.1) is 0 Å². The Balaban J connectivity index is 1.91. The summed E-state index contributed by atoms with van der Waals surface area (Å²) in [6, 6.07) is 13.7. The summed E-state index contributed by atoms with van der Waals surface area (Å²) in [4.78, 5) is 13.4. The van der Waals surface area contributed by atoms with E-state index in [0.717, 1.165) is 36.2 Å². The predicted molar refractivity (Wildman–Crippen MR) is 138 cm³/mol. The number of hydrogen-bond donors (Lipinski definition) is 3. The fourth-order valence-electron chi connectivity index (χ4n) is 3.90. The lowest BCUT2D eigenvalue weighted by Crippen LogP contribution is -2.39. The summed E-state index contributed by atoms with van der Waals surface area (Å²) in [5, 5.41) is 4.88. The summed E-state index contributed by atoms with van der Waals surface area (Å²) in [7, 11) is 1.63. The van der Waals surface area contributed by atoms with E-state index in [0.29, 0.717) is 22.9 Å². The fourth-order valence-corrected chi connectivity index (χ4v) is 3.90. The van der Waals surface area contributed by atoms with Gasteiger partial charge >= 0.3 is 0 Å². The minimum Gasteiger partial charge on any atom is -0.495 e. The first kappa shape index (κ1) is 25.4. The third-order valence-corrected chi connectivity index (χ3v) is 6.00. The number of hydrogen-bond acceptors (Lipinski definition) is 6. The summed E-state index contributed by atoms with van der Waals surface area (Å²) in [6.45, 7) is 12.6. The van der Waals surface area contributed by atoms with E-state index < -0.39 is 0 Å². The topological polar surface area (TPSA) is 74.9 Å². The van der Waals surface area contributed by atoms with Crippen LogP contribution in [-0.4, -0.2) is 19.1 Å². The molecule has 0 spiro atoms. The van der Waals surface area contributed by atoms with Gasteiger partial charge in [-0.25, -0.2) is 0 Å². The molecule has 1 amide bonds. The van der Waals surface area contributed by atoms with Gasteiger partial charge < -0.3 is 14.8 Å². The van der Waals surface area contributed by atoms with Crippen LogP contribution in [-0.2, 0) is 10.2 Å². The third kappa shape index (κ3) is 5.65. The van der Waals surface area contributed by atoms with Crippen molar-refractivity contribution >= 4 is 17.3 Å². The van der Waals surface area contributed by atoms with Crippen LogP contribution < -0.4 is 30.8 Å². The molecule has 0 bridgehead atoms. The Bertz CT molecular complexity index is 1040. The van der Waals surface area contributed by atoms with Crippen LogP contribution in [0.2, 0.25) is 0 Å². The number of carbonyl (C=O) groups excluding carboxylic acids is 1. The van der Waals surface area contributed by atoms with Gasteiger partial charge in [0.15, 0.2) is 0 Å². The molecule has 3 rings (SSSR count). The van der Waals surface area contributed by atoms with Crippen LogP contribution in [0.1, 0.15) is 66.4 Å². The van der Waals surface area contributed by atoms with Gasteiger partial charge in [0.1, 0.15) is 22.9 Å². The van der Waals surface area contributed by atoms with Crippen molar-refractivity contribution in [1.29, 1.82) is 0 Å². The molecule has 1 aliphatic rings. The van der Waals surface area contributed by atoms with Crippen molar-refractivity contribution in [2.24, 2.45) is 0 Å². The van der Waals surface area contributed by atoms with Crippen LogP contribution in [0.15, 0.2) is 53.9 Å². The molecule has 0 fully saturated rings. The molecule has 0 radical (unpaired) electrons. The Morgan fingerprint density at radius 1 is 1.12 bits per heavy atom. The number of amides is 1. The highest BCUT2D eigenvalue weighted by Crippen LogP contribution is 2.34. The molecular formula is C27H38N4O3. The Morgan fingerprint density at radius 3 is 2.50 bits per heavy atom. The molecule has 0 aliphatic carbocycles. The molecule has 1 aliphatic heterocycles. The van der Waals surface area contributed by atoms with E-state index in [-0.39, 0.29) is 17.4 Å². The van der Waals surface area contributed by atoms with Gasteiger partial charge in [0.05, 0.1) is 24.6 Å². The van der Waals surface area contributed by atoms with Crippen molar-refractivity contribution in [1.82, 2.24) is 11.0 Å². The zero-order chi connectivity index (χ0) is 24.9. The second kappa shape index (κ2) is 10.8. The van der Waals surface area contributed by atoms with E-state index in [9.17, 15) is 4.79 Å². The molecule has 2 aromatic carbocycles. The fraction of sp³-hybridized carbons (Fsp3) is 0.444. The van der Waals surface area contributed by atoms with Gasteiger partial charge in [-0.05, 0) is 55.0 Å². The number of nitrogens with zero attached hydrogens (tertiary/aromatic N) is 1. The number of hydrazine groups is 2. The van der Waals surface area contributed by atoms with Crippen molar-refractivity contribution < 1.29 is 14.3 Å². The minimum absolute atomic E-state index is 0.0609. The van der Waals surface area contributed by atoms with Crippen molar-refractivity contribution in [3.05, 3.63) is 59.4 Å². The standard InChI is InChI=1S/C27H38N4O3/c1-8-12-20(9-2)34-23-16-15-19(27(4,5)6)17-21(23)28-26(32)25-18(3)31(30-29-25)22-13-10-11-14-24(22)33-7/h10-11,13-17,20,29-30H,8-9,12H2,1-7H3,(H,28,32). The van der Waals surface area contributed by atoms with Gasteiger partial charge in [-0.3, -0.25) is 15.2 Å². The summed E-state index contributed by atoms with van der Waals surface area (Å²) >= 11 is 0. The number of benzene rings is 2. The number of carbonyl (C=O) groups is 1. The molecule has 3 N–H and O–H groups in total. The second-order valence-electron chi connectivity index (χ2n) is 9.56. The predicted octanol–water partition coefficient (Wildman–Crippen LogP) is 5.65. The maximum atomic E-state index is 13.4. The van der Waals surface area contributed by atoms with E-state index in [1.165, 1.54) is 0 Å². The van der Waals surface area contributed by atoms with Gasteiger partial charge in [0.25, 0.3) is 5.91 Å². The van der Waals surface area contributed by atoms with Crippen LogP contribution in [0.25, 0.3) is 0 Å². The van der Waals surface area contributed by atoms with Crippen LogP contribution in [0.5, 0.6) is 11.5 Å². The number of rotatable bonds is 9. The van der Waals surface area contributed by atoms with Gasteiger partial charge in [-0.15, -0.1) is 5.53 Å². The van der Waals surface area contributed by atoms with Crippen molar-refractivity contribution in [2.75, 3.05) is 17.4 Å². The zero-order valence-corrected chi connectivity index (χ0v) is 21.4. The van der Waals surface area contributed by atoms with Crippen LogP contribution in [0.3, 0.4) is 0 Å². The summed E-state index contributed by atoms with van der Waals surface area (Å²) in [6.07, 6.45) is 3.02. The quantitative estimate of drug-likeness (QED) is 0.443. The highest BCUT2D eigenvalue weighted by atomic mass is 16.5. The Hall–Kier alpha value is -3.19. The van der Waals surface area contributed by atoms with Crippen LogP contribution in [0.4, 0.5) is 11.4 Å². The number of methoxy groups -OCH3 is 1. The molecule has 34 heavy (non-hydrogen) atoms. The monoisotopic (exact) mass is 466 g/mol. The van der Waals surface area contributed by atoms with Gasteiger partial charge in [-0.2, -0.15) is 0 Å². The average Bonchev–Trinajstić information content (AvgIpc) is 3.20. The molecule has 1 unspecified atom stereocenters. The zero-order valence-electron chi connectivity index (χ0n) is 21.4. The maximum Gasteiger partial charge on any atom is 0.275 e. The first-order valence-corrected chi connectivity index (χ1v) is 12.0. The van der Waals surface area contributed by atoms with E-state index in [1.54, 1.807) is 12.1 Å². The molecule has 0 saturated carbocycles. The second-order valence-corrected chi connectivity index (χ2v) is 9.56. The maximum absolute atomic E-state index is 13.4. The molecule has 0 aromatic heterocycles. The summed E-state index contributed by atoms with van der Waals surface area (Å²) < 4.78 is 11.8. The van der Waals surface area contributed by atoms with Gasteiger partial charge in [0, 0.05) is 0 Å². The lowest BCUT2D eigenvalue weighted by atomic mass is 9.87. The number of para-hydroxylation sites is 2. The number of anilines is 2. The highest BCUT2D eigenvalue weighted by Gasteiger charge is 2.28. The Morgan fingerprint density at radius 2 is 1.85 bits per heavy atom. The first-order chi connectivity index (χ1) is 16.2. The Labute approximate surface area is 203 Å². The largest absolute Gasteiger partial charge is 0.495 e. The number of nitrogens with one attached hydrogen (secondary N) is 3. The molecule has 1 atom stereocenters. The van der Waals surface area contributed by atoms with E-state index in [2.05, 4.69) is 57.0 Å².